The van der Waals surface area contributed by atoms with Crippen LogP contribution in [0.15, 0.2) is 12.3 Å². The highest BCUT2D eigenvalue weighted by Crippen LogP contribution is 2.24. The van der Waals surface area contributed by atoms with Gasteiger partial charge in [0.25, 0.3) is 0 Å². The van der Waals surface area contributed by atoms with Crippen molar-refractivity contribution < 1.29 is 0 Å². The quantitative estimate of drug-likeness (QED) is 0.620. The second-order valence-electron chi connectivity index (χ2n) is 5.51. The predicted molar refractivity (Wildman–Crippen MR) is 78.9 cm³/mol. The third-order valence-corrected chi connectivity index (χ3v) is 4.07. The number of nitrogens with zero attached hydrogens (tertiary/aromatic N) is 3. The normalized spacial score (nSPS) is 24.5. The first-order chi connectivity index (χ1) is 8.91. The third-order valence-electron chi connectivity index (χ3n) is 4.07. The van der Waals surface area contributed by atoms with Crippen LogP contribution in [-0.2, 0) is 0 Å². The van der Waals surface area contributed by atoms with E-state index < -0.39 is 0 Å². The van der Waals surface area contributed by atoms with Gasteiger partial charge in [-0.05, 0) is 39.4 Å². The lowest BCUT2D eigenvalue weighted by atomic mass is 10.1. The van der Waals surface area contributed by atoms with E-state index >= 15 is 0 Å². The molecule has 2 rings (SSSR count). The van der Waals surface area contributed by atoms with Crippen LogP contribution in [0.4, 0.5) is 5.82 Å². The number of likely N-dealkylation sites (N-methyl/N-ethyl adjacent to an activating group) is 1. The van der Waals surface area contributed by atoms with Gasteiger partial charge >= 0.3 is 0 Å². The number of pyridine rings is 1. The Balaban J connectivity index is 2.37. The number of piperazine rings is 1. The highest BCUT2D eigenvalue weighted by atomic mass is 15.3. The van der Waals surface area contributed by atoms with E-state index in [4.69, 9.17) is 11.1 Å². The van der Waals surface area contributed by atoms with E-state index in [1.54, 1.807) is 6.20 Å². The Hall–Kier alpha value is -1.62. The van der Waals surface area contributed by atoms with Gasteiger partial charge in [0.2, 0.25) is 0 Å². The maximum atomic E-state index is 7.78. The highest BCUT2D eigenvalue weighted by Gasteiger charge is 2.29. The van der Waals surface area contributed by atoms with E-state index in [0.717, 1.165) is 30.0 Å². The van der Waals surface area contributed by atoms with Crippen LogP contribution < -0.4 is 10.6 Å². The summed E-state index contributed by atoms with van der Waals surface area (Å²) in [5, 5.41) is 7.78. The van der Waals surface area contributed by atoms with E-state index in [1.807, 2.05) is 13.0 Å². The Bertz CT molecular complexity index is 473. The molecule has 2 heterocycles. The first-order valence-corrected chi connectivity index (χ1v) is 6.68. The molecule has 0 aliphatic carbocycles. The molecule has 0 saturated carbocycles. The van der Waals surface area contributed by atoms with E-state index in [9.17, 15) is 0 Å². The molecule has 0 radical (unpaired) electrons. The summed E-state index contributed by atoms with van der Waals surface area (Å²) in [6.07, 6.45) is 1.80. The average Bonchev–Trinajstić information content (AvgIpc) is 2.34. The third kappa shape index (κ3) is 2.56. The Morgan fingerprint density at radius 2 is 1.95 bits per heavy atom. The largest absolute Gasteiger partial charge is 0.384 e. The summed E-state index contributed by atoms with van der Waals surface area (Å²) in [6.45, 7) is 8.23. The molecular weight excluding hydrogens is 238 g/mol. The lowest BCUT2D eigenvalue weighted by molar-refractivity contribution is 0.169. The van der Waals surface area contributed by atoms with Gasteiger partial charge in [0.1, 0.15) is 11.7 Å². The maximum absolute atomic E-state index is 7.78. The van der Waals surface area contributed by atoms with Crippen molar-refractivity contribution in [1.82, 2.24) is 9.88 Å². The number of aromatic nitrogens is 1. The summed E-state index contributed by atoms with van der Waals surface area (Å²) in [5.41, 5.74) is 7.51. The second kappa shape index (κ2) is 5.17. The number of hydrogen-bond acceptors (Lipinski definition) is 4. The average molecular weight is 261 g/mol. The van der Waals surface area contributed by atoms with Crippen LogP contribution in [0.2, 0.25) is 0 Å². The number of aryl methyl sites for hydroxylation is 1. The van der Waals surface area contributed by atoms with Crippen molar-refractivity contribution in [2.75, 3.05) is 25.0 Å². The zero-order chi connectivity index (χ0) is 14.2. The summed E-state index contributed by atoms with van der Waals surface area (Å²) in [4.78, 5) is 9.09. The summed E-state index contributed by atoms with van der Waals surface area (Å²) < 4.78 is 0. The minimum Gasteiger partial charge on any atom is -0.384 e. The highest BCUT2D eigenvalue weighted by molar-refractivity contribution is 6.01. The van der Waals surface area contributed by atoms with E-state index in [-0.39, 0.29) is 5.84 Å². The number of rotatable bonds is 2. The molecule has 2 unspecified atom stereocenters. The zero-order valence-electron chi connectivity index (χ0n) is 12.1. The summed E-state index contributed by atoms with van der Waals surface area (Å²) in [5.74, 6) is 0.944. The van der Waals surface area contributed by atoms with Gasteiger partial charge in [-0.2, -0.15) is 0 Å². The van der Waals surface area contributed by atoms with Gasteiger partial charge in [0.15, 0.2) is 0 Å². The van der Waals surface area contributed by atoms with Crippen molar-refractivity contribution in [2.45, 2.75) is 32.9 Å². The Labute approximate surface area is 114 Å². The van der Waals surface area contributed by atoms with Crippen molar-refractivity contribution in [1.29, 1.82) is 5.41 Å². The van der Waals surface area contributed by atoms with Crippen LogP contribution in [0.3, 0.4) is 0 Å². The smallest absolute Gasteiger partial charge is 0.139 e. The van der Waals surface area contributed by atoms with Crippen molar-refractivity contribution in [3.8, 4) is 0 Å². The van der Waals surface area contributed by atoms with Gasteiger partial charge in [-0.15, -0.1) is 0 Å². The lowest BCUT2D eigenvalue weighted by Crippen LogP contribution is -2.55. The molecule has 19 heavy (non-hydrogen) atoms. The number of amidine groups is 1. The topological polar surface area (TPSA) is 69.2 Å². The minimum absolute atomic E-state index is 0.0971. The first kappa shape index (κ1) is 13.8. The van der Waals surface area contributed by atoms with E-state index in [0.29, 0.717) is 12.1 Å². The number of nitrogens with one attached hydrogen (secondary N) is 1. The zero-order valence-corrected chi connectivity index (χ0v) is 12.1. The Morgan fingerprint density at radius 1 is 1.37 bits per heavy atom. The molecule has 1 fully saturated rings. The summed E-state index contributed by atoms with van der Waals surface area (Å²) in [7, 11) is 2.15. The van der Waals surface area contributed by atoms with E-state index in [2.05, 4.69) is 35.7 Å². The molecule has 1 aromatic heterocycles. The van der Waals surface area contributed by atoms with Crippen LogP contribution in [-0.4, -0.2) is 47.9 Å². The van der Waals surface area contributed by atoms with Crippen LogP contribution in [0.25, 0.3) is 0 Å². The number of anilines is 1. The molecule has 0 amide bonds. The molecule has 5 nitrogen and oxygen atoms in total. The molecule has 104 valence electrons. The fourth-order valence-electron chi connectivity index (χ4n) is 2.69. The SMILES string of the molecule is Cc1ccnc(N2CC(C)N(C)C(C)C2)c1C(=N)N. The molecule has 1 aliphatic rings. The van der Waals surface area contributed by atoms with Crippen LogP contribution in [0.5, 0.6) is 0 Å². The number of nitrogens with two attached hydrogens (primary N) is 1. The van der Waals surface area contributed by atoms with Crippen molar-refractivity contribution >= 4 is 11.7 Å². The van der Waals surface area contributed by atoms with Crippen LogP contribution in [0.1, 0.15) is 25.0 Å². The van der Waals surface area contributed by atoms with Crippen molar-refractivity contribution in [3.05, 3.63) is 23.4 Å². The standard InChI is InChI=1S/C14H23N5/c1-9-5-6-17-14(12(9)13(15)16)19-7-10(2)18(4)11(3)8-19/h5-6,10-11H,7-8H2,1-4H3,(H3,15,16). The van der Waals surface area contributed by atoms with Crippen LogP contribution in [0, 0.1) is 12.3 Å². The van der Waals surface area contributed by atoms with Gasteiger partial charge in [-0.3, -0.25) is 10.3 Å². The monoisotopic (exact) mass is 261 g/mol. The number of nitrogen functional groups attached to an aromatic ring is 1. The number of hydrogen-bond donors (Lipinski definition) is 2. The molecule has 0 aromatic carbocycles. The summed E-state index contributed by atoms with van der Waals surface area (Å²) in [6, 6.07) is 2.83. The van der Waals surface area contributed by atoms with Gasteiger partial charge in [0, 0.05) is 31.4 Å². The Kier molecular flexibility index (Phi) is 3.75. The first-order valence-electron chi connectivity index (χ1n) is 6.68. The molecule has 1 aromatic rings. The Morgan fingerprint density at radius 3 is 2.47 bits per heavy atom. The summed E-state index contributed by atoms with van der Waals surface area (Å²) >= 11 is 0. The molecule has 0 spiro atoms. The molecule has 1 saturated heterocycles. The molecule has 3 N–H and O–H groups in total. The fraction of sp³-hybridized carbons (Fsp3) is 0.571. The molecule has 5 heteroatoms. The van der Waals surface area contributed by atoms with Crippen molar-refractivity contribution in [2.24, 2.45) is 5.73 Å². The van der Waals surface area contributed by atoms with Crippen LogP contribution >= 0.6 is 0 Å². The van der Waals surface area contributed by atoms with Gasteiger partial charge < -0.3 is 10.6 Å². The molecule has 1 aliphatic heterocycles. The van der Waals surface area contributed by atoms with E-state index in [1.165, 1.54) is 0 Å². The minimum atomic E-state index is 0.0971. The van der Waals surface area contributed by atoms with Crippen molar-refractivity contribution in [3.63, 3.8) is 0 Å². The molecule has 0 bridgehead atoms. The molecular formula is C14H23N5. The van der Waals surface area contributed by atoms with Gasteiger partial charge in [0.05, 0.1) is 5.56 Å². The predicted octanol–water partition coefficient (Wildman–Crippen LogP) is 1.20. The fourth-order valence-corrected chi connectivity index (χ4v) is 2.69. The van der Waals surface area contributed by atoms with Gasteiger partial charge in [-0.1, -0.05) is 0 Å². The maximum Gasteiger partial charge on any atom is 0.139 e. The van der Waals surface area contributed by atoms with Gasteiger partial charge in [-0.25, -0.2) is 4.98 Å². The lowest BCUT2D eigenvalue weighted by Gasteiger charge is -2.43. The second-order valence-corrected chi connectivity index (χ2v) is 5.51. The molecule has 2 atom stereocenters.